The molecular formula is C16H18ClNO. The molecule has 100 valence electrons. The summed E-state index contributed by atoms with van der Waals surface area (Å²) in [4.78, 5) is 11.1. The molecule has 1 heterocycles. The number of carbonyl (C=O) groups excluding carboxylic acids is 1. The molecule has 0 atom stereocenters. The summed E-state index contributed by atoms with van der Waals surface area (Å²) in [6.45, 7) is 2.89. The van der Waals surface area contributed by atoms with Gasteiger partial charge in [-0.1, -0.05) is 37.1 Å². The van der Waals surface area contributed by atoms with Crippen LogP contribution in [0, 0.1) is 0 Å². The molecule has 19 heavy (non-hydrogen) atoms. The summed E-state index contributed by atoms with van der Waals surface area (Å²) >= 11 is 5.89. The Kier molecular flexibility index (Phi) is 4.80. The lowest BCUT2D eigenvalue weighted by molar-refractivity contribution is 0.111. The summed E-state index contributed by atoms with van der Waals surface area (Å²) in [7, 11) is 0. The molecule has 0 aliphatic rings. The number of benzene rings is 1. The van der Waals surface area contributed by atoms with Gasteiger partial charge in [-0.25, -0.2) is 0 Å². The van der Waals surface area contributed by atoms with Gasteiger partial charge in [0.05, 0.1) is 5.69 Å². The summed E-state index contributed by atoms with van der Waals surface area (Å²) in [6.07, 6.45) is 4.23. The van der Waals surface area contributed by atoms with Gasteiger partial charge in [0.25, 0.3) is 0 Å². The molecule has 0 aliphatic carbocycles. The summed E-state index contributed by atoms with van der Waals surface area (Å²) in [5.74, 6) is 0. The zero-order valence-corrected chi connectivity index (χ0v) is 11.9. The van der Waals surface area contributed by atoms with E-state index in [1.54, 1.807) is 0 Å². The molecule has 1 aromatic carbocycles. The van der Waals surface area contributed by atoms with Gasteiger partial charge in [0.2, 0.25) is 0 Å². The van der Waals surface area contributed by atoms with Crippen LogP contribution in [-0.2, 0) is 13.0 Å². The lowest BCUT2D eigenvalue weighted by atomic mass is 10.2. The average Bonchev–Trinajstić information content (AvgIpc) is 2.81. The Morgan fingerprint density at radius 2 is 1.89 bits per heavy atom. The largest absolute Gasteiger partial charge is 0.338 e. The van der Waals surface area contributed by atoms with Gasteiger partial charge in [0.15, 0.2) is 6.29 Å². The van der Waals surface area contributed by atoms with Crippen molar-refractivity contribution < 1.29 is 4.79 Å². The standard InChI is InChI=1S/C16H18ClNO/c1-2-3-4-15-9-10-16(12-19)18(15)11-13-5-7-14(17)8-6-13/h5-10,12H,2-4,11H2,1H3. The van der Waals surface area contributed by atoms with Gasteiger partial charge in [-0.15, -0.1) is 0 Å². The van der Waals surface area contributed by atoms with Crippen molar-refractivity contribution in [1.29, 1.82) is 0 Å². The van der Waals surface area contributed by atoms with Crippen LogP contribution >= 0.6 is 11.6 Å². The minimum Gasteiger partial charge on any atom is -0.338 e. The molecule has 2 aromatic rings. The molecule has 0 fully saturated rings. The maximum Gasteiger partial charge on any atom is 0.166 e. The number of unbranched alkanes of at least 4 members (excludes halogenated alkanes) is 1. The Bertz CT molecular complexity index is 542. The SMILES string of the molecule is CCCCc1ccc(C=O)n1Cc1ccc(Cl)cc1. The van der Waals surface area contributed by atoms with Crippen molar-refractivity contribution in [2.45, 2.75) is 32.7 Å². The predicted octanol–water partition coefficient (Wildman–Crippen LogP) is 4.34. The highest BCUT2D eigenvalue weighted by Gasteiger charge is 2.07. The van der Waals surface area contributed by atoms with Gasteiger partial charge < -0.3 is 4.57 Å². The fraction of sp³-hybridized carbons (Fsp3) is 0.312. The van der Waals surface area contributed by atoms with E-state index >= 15 is 0 Å². The molecule has 0 N–H and O–H groups in total. The van der Waals surface area contributed by atoms with E-state index in [9.17, 15) is 4.79 Å². The Morgan fingerprint density at radius 1 is 1.16 bits per heavy atom. The van der Waals surface area contributed by atoms with Crippen molar-refractivity contribution in [3.8, 4) is 0 Å². The Labute approximate surface area is 119 Å². The van der Waals surface area contributed by atoms with E-state index in [2.05, 4.69) is 17.6 Å². The van der Waals surface area contributed by atoms with Crippen molar-refractivity contribution in [3.05, 3.63) is 58.4 Å². The fourth-order valence-corrected chi connectivity index (χ4v) is 2.30. The lowest BCUT2D eigenvalue weighted by Crippen LogP contribution is -2.07. The minimum absolute atomic E-state index is 0.720. The highest BCUT2D eigenvalue weighted by Crippen LogP contribution is 2.16. The number of aryl methyl sites for hydroxylation is 1. The number of rotatable bonds is 6. The van der Waals surface area contributed by atoms with E-state index in [0.29, 0.717) is 0 Å². The number of halogens is 1. The van der Waals surface area contributed by atoms with E-state index in [-0.39, 0.29) is 0 Å². The molecule has 1 aromatic heterocycles. The van der Waals surface area contributed by atoms with E-state index in [1.165, 1.54) is 5.69 Å². The molecule has 0 saturated carbocycles. The fourth-order valence-electron chi connectivity index (χ4n) is 2.17. The molecule has 0 unspecified atom stereocenters. The molecule has 0 radical (unpaired) electrons. The van der Waals surface area contributed by atoms with Crippen molar-refractivity contribution in [1.82, 2.24) is 4.57 Å². The number of aldehydes is 1. The number of carbonyl (C=O) groups is 1. The van der Waals surface area contributed by atoms with Gasteiger partial charge in [0.1, 0.15) is 0 Å². The van der Waals surface area contributed by atoms with Crippen LogP contribution in [0.25, 0.3) is 0 Å². The molecule has 0 bridgehead atoms. The molecular weight excluding hydrogens is 258 g/mol. The summed E-state index contributed by atoms with van der Waals surface area (Å²) in [5, 5.41) is 0.734. The van der Waals surface area contributed by atoms with Gasteiger partial charge in [-0.05, 0) is 42.7 Å². The number of nitrogens with zero attached hydrogens (tertiary/aromatic N) is 1. The van der Waals surface area contributed by atoms with Gasteiger partial charge in [0, 0.05) is 17.3 Å². The Balaban J connectivity index is 2.23. The van der Waals surface area contributed by atoms with Crippen LogP contribution in [0.2, 0.25) is 5.02 Å². The third-order valence-electron chi connectivity index (χ3n) is 3.27. The second kappa shape index (κ2) is 6.58. The number of hydrogen-bond donors (Lipinski definition) is 0. The van der Waals surface area contributed by atoms with Crippen LogP contribution in [0.15, 0.2) is 36.4 Å². The van der Waals surface area contributed by atoms with Crippen molar-refractivity contribution in [2.24, 2.45) is 0 Å². The van der Waals surface area contributed by atoms with E-state index in [0.717, 1.165) is 48.4 Å². The van der Waals surface area contributed by atoms with Gasteiger partial charge in [-0.2, -0.15) is 0 Å². The second-order valence-corrected chi connectivity index (χ2v) is 5.12. The summed E-state index contributed by atoms with van der Waals surface area (Å²) in [6, 6.07) is 11.7. The number of hydrogen-bond acceptors (Lipinski definition) is 1. The predicted molar refractivity (Wildman–Crippen MR) is 79.0 cm³/mol. The molecule has 0 saturated heterocycles. The highest BCUT2D eigenvalue weighted by atomic mass is 35.5. The quantitative estimate of drug-likeness (QED) is 0.719. The number of aromatic nitrogens is 1. The van der Waals surface area contributed by atoms with E-state index in [1.807, 2.05) is 30.3 Å². The highest BCUT2D eigenvalue weighted by molar-refractivity contribution is 6.30. The maximum absolute atomic E-state index is 11.1. The van der Waals surface area contributed by atoms with Crippen LogP contribution < -0.4 is 0 Å². The molecule has 0 aliphatic heterocycles. The summed E-state index contributed by atoms with van der Waals surface area (Å²) < 4.78 is 2.09. The third kappa shape index (κ3) is 3.48. The van der Waals surface area contributed by atoms with E-state index < -0.39 is 0 Å². The van der Waals surface area contributed by atoms with Crippen LogP contribution in [-0.4, -0.2) is 10.9 Å². The topological polar surface area (TPSA) is 22.0 Å². The van der Waals surface area contributed by atoms with Crippen molar-refractivity contribution in [3.63, 3.8) is 0 Å². The molecule has 0 amide bonds. The average molecular weight is 276 g/mol. The molecule has 3 heteroatoms. The van der Waals surface area contributed by atoms with Crippen LogP contribution in [0.4, 0.5) is 0 Å². The van der Waals surface area contributed by atoms with Gasteiger partial charge in [-0.3, -0.25) is 4.79 Å². The van der Waals surface area contributed by atoms with Crippen molar-refractivity contribution in [2.75, 3.05) is 0 Å². The van der Waals surface area contributed by atoms with Crippen LogP contribution in [0.3, 0.4) is 0 Å². The van der Waals surface area contributed by atoms with E-state index in [4.69, 9.17) is 11.6 Å². The lowest BCUT2D eigenvalue weighted by Gasteiger charge is -2.11. The first-order chi connectivity index (χ1) is 9.24. The Hall–Kier alpha value is -1.54. The van der Waals surface area contributed by atoms with Crippen LogP contribution in [0.1, 0.15) is 41.5 Å². The first-order valence-electron chi connectivity index (χ1n) is 6.62. The van der Waals surface area contributed by atoms with Crippen LogP contribution in [0.5, 0.6) is 0 Å². The summed E-state index contributed by atoms with van der Waals surface area (Å²) in [5.41, 5.74) is 3.11. The van der Waals surface area contributed by atoms with Gasteiger partial charge >= 0.3 is 0 Å². The Morgan fingerprint density at radius 3 is 2.53 bits per heavy atom. The zero-order chi connectivity index (χ0) is 13.7. The second-order valence-electron chi connectivity index (χ2n) is 4.68. The molecule has 0 spiro atoms. The normalized spacial score (nSPS) is 10.6. The molecule has 2 nitrogen and oxygen atoms in total. The zero-order valence-electron chi connectivity index (χ0n) is 11.1. The van der Waals surface area contributed by atoms with Crippen molar-refractivity contribution >= 4 is 17.9 Å². The molecule has 2 rings (SSSR count). The monoisotopic (exact) mass is 275 g/mol. The third-order valence-corrected chi connectivity index (χ3v) is 3.52. The minimum atomic E-state index is 0.720. The first kappa shape index (κ1) is 13.9. The maximum atomic E-state index is 11.1. The first-order valence-corrected chi connectivity index (χ1v) is 7.00. The smallest absolute Gasteiger partial charge is 0.166 e.